The summed E-state index contributed by atoms with van der Waals surface area (Å²) in [7, 11) is 1.60. The van der Waals surface area contributed by atoms with Crippen LogP contribution in [0.3, 0.4) is 0 Å². The molecule has 0 saturated carbocycles. The molecule has 2 aromatic rings. The molecule has 1 amide bonds. The number of benzene rings is 2. The topological polar surface area (TPSA) is 56.8 Å². The van der Waals surface area contributed by atoms with Crippen LogP contribution in [-0.4, -0.2) is 32.3 Å². The predicted molar refractivity (Wildman–Crippen MR) is 102 cm³/mol. The van der Waals surface area contributed by atoms with Crippen molar-refractivity contribution >= 4 is 5.91 Å². The number of carbonyl (C=O) groups is 1. The average Bonchev–Trinajstić information content (AvgIpc) is 2.69. The van der Waals surface area contributed by atoms with Crippen molar-refractivity contribution in [2.75, 3.05) is 20.3 Å². The largest absolute Gasteiger partial charge is 0.497 e. The highest BCUT2D eigenvalue weighted by atomic mass is 16.5. The van der Waals surface area contributed by atoms with E-state index in [2.05, 4.69) is 12.2 Å². The van der Waals surface area contributed by atoms with Crippen molar-refractivity contribution in [2.45, 2.75) is 32.8 Å². The number of rotatable bonds is 10. The van der Waals surface area contributed by atoms with Gasteiger partial charge in [0.2, 0.25) is 0 Å². The Morgan fingerprint density at radius 2 is 1.77 bits per heavy atom. The zero-order valence-corrected chi connectivity index (χ0v) is 15.7. The number of aryl methyl sites for hydroxylation is 1. The van der Waals surface area contributed by atoms with Gasteiger partial charge in [0.25, 0.3) is 5.91 Å². The molecule has 0 saturated heterocycles. The summed E-state index contributed by atoms with van der Waals surface area (Å²) in [5.41, 5.74) is 1.27. The Hall–Kier alpha value is -2.69. The van der Waals surface area contributed by atoms with E-state index in [-0.39, 0.29) is 5.91 Å². The molecular weight excluding hydrogens is 330 g/mol. The molecule has 2 rings (SSSR count). The zero-order chi connectivity index (χ0) is 18.8. The van der Waals surface area contributed by atoms with Crippen LogP contribution < -0.4 is 19.5 Å². The zero-order valence-electron chi connectivity index (χ0n) is 15.7. The fraction of sp³-hybridized carbons (Fsp3) is 0.381. The van der Waals surface area contributed by atoms with Gasteiger partial charge in [0.05, 0.1) is 13.7 Å². The number of hydrogen-bond donors (Lipinski definition) is 1. The van der Waals surface area contributed by atoms with E-state index in [4.69, 9.17) is 14.2 Å². The fourth-order valence-corrected chi connectivity index (χ4v) is 2.44. The first kappa shape index (κ1) is 19.6. The van der Waals surface area contributed by atoms with E-state index in [0.717, 1.165) is 12.2 Å². The highest BCUT2D eigenvalue weighted by Crippen LogP contribution is 2.20. The summed E-state index contributed by atoms with van der Waals surface area (Å²) < 4.78 is 16.6. The van der Waals surface area contributed by atoms with E-state index in [1.165, 1.54) is 5.56 Å². The van der Waals surface area contributed by atoms with E-state index in [1.54, 1.807) is 13.2 Å². The lowest BCUT2D eigenvalue weighted by atomic mass is 10.2. The Labute approximate surface area is 155 Å². The lowest BCUT2D eigenvalue weighted by Gasteiger charge is -2.17. The van der Waals surface area contributed by atoms with Crippen LogP contribution in [0.4, 0.5) is 0 Å². The smallest absolute Gasteiger partial charge is 0.261 e. The lowest BCUT2D eigenvalue weighted by Crippen LogP contribution is -2.39. The van der Waals surface area contributed by atoms with Crippen LogP contribution in [0.2, 0.25) is 0 Å². The standard InChI is InChI=1S/C21H27NO4/c1-4-16-9-11-17(12-10-16)25-14-13-22-21(23)20(5-2)26-19-8-6-7-18(15-19)24-3/h6-12,15,20H,4-5,13-14H2,1-3H3,(H,22,23). The minimum Gasteiger partial charge on any atom is -0.497 e. The van der Waals surface area contributed by atoms with E-state index in [9.17, 15) is 4.79 Å². The molecule has 26 heavy (non-hydrogen) atoms. The maximum Gasteiger partial charge on any atom is 0.261 e. The van der Waals surface area contributed by atoms with Gasteiger partial charge in [-0.05, 0) is 42.7 Å². The highest BCUT2D eigenvalue weighted by molar-refractivity contribution is 5.81. The SMILES string of the molecule is CCc1ccc(OCCNC(=O)C(CC)Oc2cccc(OC)c2)cc1. The fourth-order valence-electron chi connectivity index (χ4n) is 2.44. The average molecular weight is 357 g/mol. The monoisotopic (exact) mass is 357 g/mol. The number of amides is 1. The van der Waals surface area contributed by atoms with Crippen LogP contribution in [-0.2, 0) is 11.2 Å². The van der Waals surface area contributed by atoms with Crippen molar-refractivity contribution in [3.63, 3.8) is 0 Å². The van der Waals surface area contributed by atoms with Crippen molar-refractivity contribution in [3.8, 4) is 17.2 Å². The Morgan fingerprint density at radius 3 is 2.42 bits per heavy atom. The Kier molecular flexibility index (Phi) is 7.80. The first-order chi connectivity index (χ1) is 12.7. The lowest BCUT2D eigenvalue weighted by molar-refractivity contribution is -0.128. The number of hydrogen-bond acceptors (Lipinski definition) is 4. The van der Waals surface area contributed by atoms with E-state index in [1.807, 2.05) is 49.4 Å². The minimum atomic E-state index is -0.550. The Balaban J connectivity index is 1.77. The molecule has 0 heterocycles. The third kappa shape index (κ3) is 5.99. The Bertz CT molecular complexity index is 685. The molecular formula is C21H27NO4. The van der Waals surface area contributed by atoms with Gasteiger partial charge >= 0.3 is 0 Å². The van der Waals surface area contributed by atoms with Crippen LogP contribution in [0.15, 0.2) is 48.5 Å². The Morgan fingerprint density at radius 1 is 1.04 bits per heavy atom. The summed E-state index contributed by atoms with van der Waals surface area (Å²) >= 11 is 0. The molecule has 2 aromatic carbocycles. The first-order valence-electron chi connectivity index (χ1n) is 8.96. The summed E-state index contributed by atoms with van der Waals surface area (Å²) in [5, 5.41) is 2.86. The van der Waals surface area contributed by atoms with Crippen molar-refractivity contribution in [1.29, 1.82) is 0 Å². The molecule has 0 fully saturated rings. The molecule has 5 heteroatoms. The van der Waals surface area contributed by atoms with E-state index < -0.39 is 6.10 Å². The van der Waals surface area contributed by atoms with Crippen molar-refractivity contribution in [2.24, 2.45) is 0 Å². The molecule has 0 aliphatic carbocycles. The third-order valence-corrected chi connectivity index (χ3v) is 3.98. The van der Waals surface area contributed by atoms with E-state index in [0.29, 0.717) is 31.1 Å². The summed E-state index contributed by atoms with van der Waals surface area (Å²) in [6.45, 7) is 4.86. The molecule has 1 N–H and O–H groups in total. The van der Waals surface area contributed by atoms with Crippen LogP contribution in [0.1, 0.15) is 25.8 Å². The summed E-state index contributed by atoms with van der Waals surface area (Å²) in [6.07, 6.45) is 1.02. The first-order valence-corrected chi connectivity index (χ1v) is 8.96. The maximum atomic E-state index is 12.3. The molecule has 140 valence electrons. The van der Waals surface area contributed by atoms with Gasteiger partial charge in [-0.3, -0.25) is 4.79 Å². The quantitative estimate of drug-likeness (QED) is 0.660. The van der Waals surface area contributed by atoms with Crippen LogP contribution in [0.5, 0.6) is 17.2 Å². The number of nitrogens with one attached hydrogen (secondary N) is 1. The molecule has 0 bridgehead atoms. The van der Waals surface area contributed by atoms with Crippen molar-refractivity contribution < 1.29 is 19.0 Å². The second-order valence-electron chi connectivity index (χ2n) is 5.83. The molecule has 0 spiro atoms. The summed E-state index contributed by atoms with van der Waals surface area (Å²) in [5.74, 6) is 1.95. The van der Waals surface area contributed by atoms with Crippen LogP contribution >= 0.6 is 0 Å². The van der Waals surface area contributed by atoms with Gasteiger partial charge in [0.15, 0.2) is 6.10 Å². The van der Waals surface area contributed by atoms with Crippen LogP contribution in [0.25, 0.3) is 0 Å². The van der Waals surface area contributed by atoms with Gasteiger partial charge in [0, 0.05) is 6.07 Å². The minimum absolute atomic E-state index is 0.153. The molecule has 0 aliphatic rings. The molecule has 0 aliphatic heterocycles. The van der Waals surface area contributed by atoms with Gasteiger partial charge in [0.1, 0.15) is 23.9 Å². The molecule has 1 unspecified atom stereocenters. The van der Waals surface area contributed by atoms with Gasteiger partial charge in [-0.2, -0.15) is 0 Å². The third-order valence-electron chi connectivity index (χ3n) is 3.98. The second-order valence-corrected chi connectivity index (χ2v) is 5.83. The van der Waals surface area contributed by atoms with Gasteiger partial charge < -0.3 is 19.5 Å². The second kappa shape index (κ2) is 10.3. The normalized spacial score (nSPS) is 11.5. The highest BCUT2D eigenvalue weighted by Gasteiger charge is 2.18. The van der Waals surface area contributed by atoms with Gasteiger partial charge in [-0.15, -0.1) is 0 Å². The summed E-state index contributed by atoms with van der Waals surface area (Å²) in [4.78, 5) is 12.3. The summed E-state index contributed by atoms with van der Waals surface area (Å²) in [6, 6.07) is 15.2. The van der Waals surface area contributed by atoms with E-state index >= 15 is 0 Å². The van der Waals surface area contributed by atoms with Crippen molar-refractivity contribution in [1.82, 2.24) is 5.32 Å². The molecule has 0 aromatic heterocycles. The number of ether oxygens (including phenoxy) is 3. The molecule has 5 nitrogen and oxygen atoms in total. The molecule has 1 atom stereocenters. The predicted octanol–water partition coefficient (Wildman–Crippen LogP) is 3.61. The van der Waals surface area contributed by atoms with Gasteiger partial charge in [-0.1, -0.05) is 32.0 Å². The maximum absolute atomic E-state index is 12.3. The number of methoxy groups -OCH3 is 1. The van der Waals surface area contributed by atoms with Gasteiger partial charge in [-0.25, -0.2) is 0 Å². The van der Waals surface area contributed by atoms with Crippen LogP contribution in [0, 0.1) is 0 Å². The molecule has 0 radical (unpaired) electrons. The number of carbonyl (C=O) groups excluding carboxylic acids is 1. The van der Waals surface area contributed by atoms with Crippen molar-refractivity contribution in [3.05, 3.63) is 54.1 Å².